The number of carbonyl (C=O) groups is 2. The van der Waals surface area contributed by atoms with Crippen LogP contribution >= 0.6 is 11.8 Å². The molecule has 6 rings (SSSR count). The molecule has 0 bridgehead atoms. The van der Waals surface area contributed by atoms with Crippen molar-refractivity contribution < 1.29 is 23.8 Å². The molecule has 0 spiro atoms. The van der Waals surface area contributed by atoms with Crippen LogP contribution in [-0.2, 0) is 17.8 Å². The van der Waals surface area contributed by atoms with E-state index in [0.717, 1.165) is 77.2 Å². The van der Waals surface area contributed by atoms with Crippen LogP contribution in [-0.4, -0.2) is 52.6 Å². The molecule has 3 heterocycles. The van der Waals surface area contributed by atoms with E-state index in [0.29, 0.717) is 25.7 Å². The third kappa shape index (κ3) is 6.20. The number of likely N-dealkylation sites (tertiary alicyclic amines) is 1. The molecule has 2 unspecified atom stereocenters. The fourth-order valence-electron chi connectivity index (χ4n) is 6.82. The van der Waals surface area contributed by atoms with Gasteiger partial charge in [0.1, 0.15) is 36.1 Å². The lowest BCUT2D eigenvalue weighted by Gasteiger charge is -2.33. The van der Waals surface area contributed by atoms with Gasteiger partial charge in [-0.1, -0.05) is 54.2 Å². The summed E-state index contributed by atoms with van der Waals surface area (Å²) in [6, 6.07) is 18.5. The molecule has 0 radical (unpaired) electrons. The van der Waals surface area contributed by atoms with Gasteiger partial charge < -0.3 is 14.2 Å². The van der Waals surface area contributed by atoms with Crippen LogP contribution in [0.2, 0.25) is 0 Å². The van der Waals surface area contributed by atoms with Crippen molar-refractivity contribution >= 4 is 22.9 Å². The highest BCUT2D eigenvalue weighted by Crippen LogP contribution is 2.52. The average Bonchev–Trinajstić information content (AvgIpc) is 3.66. The predicted octanol–water partition coefficient (Wildman–Crippen LogP) is 6.88. The molecule has 3 atom stereocenters. The third-order valence-electron chi connectivity index (χ3n) is 9.48. The fraction of sp³-hybridized carbons (Fsp3) is 0.444. The van der Waals surface area contributed by atoms with Gasteiger partial charge in [0.25, 0.3) is 5.24 Å². The van der Waals surface area contributed by atoms with Crippen molar-refractivity contribution in [3.8, 4) is 17.2 Å². The Hall–Kier alpha value is -3.49. The standard InChI is InChI=1S/C36H42N2O5S/c1-22-23(2)33-31(24(3)32(22)42-20-26-10-7-6-8-11-26)29(36(4,5)43-33)19-38-17-9-12-27(38)21-41-28-15-13-25(14-16-28)18-30-34(39)37-35(40)44-30/h6-8,10-11,13-16,27,29-30H,9,12,17-21H2,1-5H3,(H,37,39,40)/t27-,29?,30?/m0/s1. The molecule has 7 nitrogen and oxygen atoms in total. The highest BCUT2D eigenvalue weighted by Gasteiger charge is 2.46. The summed E-state index contributed by atoms with van der Waals surface area (Å²) in [5, 5.41) is 1.72. The summed E-state index contributed by atoms with van der Waals surface area (Å²) >= 11 is 1.06. The van der Waals surface area contributed by atoms with Crippen LogP contribution < -0.4 is 19.5 Å². The van der Waals surface area contributed by atoms with E-state index in [-0.39, 0.29) is 27.9 Å². The number of hydrogen-bond donors (Lipinski definition) is 1. The van der Waals surface area contributed by atoms with E-state index in [1.807, 2.05) is 42.5 Å². The second-order valence-corrected chi connectivity index (χ2v) is 14.0. The van der Waals surface area contributed by atoms with Gasteiger partial charge in [-0.3, -0.25) is 19.8 Å². The lowest BCUT2D eigenvalue weighted by molar-refractivity contribution is -0.118. The van der Waals surface area contributed by atoms with Crippen molar-refractivity contribution in [3.05, 3.63) is 88.0 Å². The summed E-state index contributed by atoms with van der Waals surface area (Å²) in [5.74, 6) is 2.80. The van der Waals surface area contributed by atoms with E-state index >= 15 is 0 Å². The molecule has 2 amide bonds. The maximum Gasteiger partial charge on any atom is 0.286 e. The van der Waals surface area contributed by atoms with Gasteiger partial charge in [0.15, 0.2) is 0 Å². The van der Waals surface area contributed by atoms with Crippen LogP contribution in [0.5, 0.6) is 17.2 Å². The number of thioether (sulfide) groups is 1. The van der Waals surface area contributed by atoms with Gasteiger partial charge >= 0.3 is 0 Å². The average molecular weight is 615 g/mol. The first kappa shape index (κ1) is 30.5. The third-order valence-corrected chi connectivity index (χ3v) is 10.5. The van der Waals surface area contributed by atoms with Gasteiger partial charge in [-0.2, -0.15) is 0 Å². The van der Waals surface area contributed by atoms with Crippen molar-refractivity contribution in [1.82, 2.24) is 10.2 Å². The van der Waals surface area contributed by atoms with E-state index in [4.69, 9.17) is 14.2 Å². The first-order valence-electron chi connectivity index (χ1n) is 15.6. The van der Waals surface area contributed by atoms with Gasteiger partial charge in [-0.15, -0.1) is 0 Å². The number of nitrogens with zero attached hydrogens (tertiary/aromatic N) is 1. The SMILES string of the molecule is Cc1c(C)c2c(c(C)c1OCc1ccccc1)C(CN1CCC[C@H]1COc1ccc(CC3SC(=O)NC3=O)cc1)C(C)(C)O2. The van der Waals surface area contributed by atoms with E-state index in [2.05, 4.69) is 57.0 Å². The highest BCUT2D eigenvalue weighted by atomic mass is 32.2. The summed E-state index contributed by atoms with van der Waals surface area (Å²) in [7, 11) is 0. The Kier molecular flexibility index (Phi) is 8.66. The summed E-state index contributed by atoms with van der Waals surface area (Å²) in [6.07, 6.45) is 2.76. The minimum Gasteiger partial charge on any atom is -0.492 e. The Morgan fingerprint density at radius 3 is 2.41 bits per heavy atom. The molecule has 8 heteroatoms. The van der Waals surface area contributed by atoms with Crippen LogP contribution in [0, 0.1) is 20.8 Å². The Morgan fingerprint density at radius 2 is 1.70 bits per heavy atom. The Balaban J connectivity index is 1.13. The van der Waals surface area contributed by atoms with Gasteiger partial charge in [0.05, 0.1) is 5.25 Å². The monoisotopic (exact) mass is 614 g/mol. The molecule has 0 saturated carbocycles. The predicted molar refractivity (Wildman–Crippen MR) is 174 cm³/mol. The van der Waals surface area contributed by atoms with Gasteiger partial charge in [0.2, 0.25) is 5.91 Å². The molecule has 2 saturated heterocycles. The van der Waals surface area contributed by atoms with Crippen LogP contribution in [0.3, 0.4) is 0 Å². The quantitative estimate of drug-likeness (QED) is 0.267. The van der Waals surface area contributed by atoms with Crippen molar-refractivity contribution in [2.45, 2.75) is 83.3 Å². The van der Waals surface area contributed by atoms with E-state index < -0.39 is 0 Å². The zero-order valence-electron chi connectivity index (χ0n) is 26.3. The molecule has 1 N–H and O–H groups in total. The topological polar surface area (TPSA) is 77.1 Å². The zero-order chi connectivity index (χ0) is 31.0. The van der Waals surface area contributed by atoms with E-state index in [1.54, 1.807) is 0 Å². The lowest BCUT2D eigenvalue weighted by atomic mass is 9.82. The normalized spacial score (nSPS) is 22.5. The van der Waals surface area contributed by atoms with Crippen LogP contribution in [0.4, 0.5) is 4.79 Å². The number of ether oxygens (including phenoxy) is 3. The number of amides is 2. The van der Waals surface area contributed by atoms with Crippen LogP contribution in [0.25, 0.3) is 0 Å². The molecule has 232 valence electrons. The van der Waals surface area contributed by atoms with Crippen molar-refractivity contribution in [1.29, 1.82) is 0 Å². The molecule has 0 aliphatic carbocycles. The van der Waals surface area contributed by atoms with Crippen LogP contribution in [0.1, 0.15) is 66.0 Å². The first-order valence-corrected chi connectivity index (χ1v) is 16.5. The smallest absolute Gasteiger partial charge is 0.286 e. The second kappa shape index (κ2) is 12.5. The van der Waals surface area contributed by atoms with E-state index in [9.17, 15) is 9.59 Å². The molecule has 3 aliphatic rings. The van der Waals surface area contributed by atoms with Crippen molar-refractivity contribution in [2.75, 3.05) is 19.7 Å². The largest absolute Gasteiger partial charge is 0.492 e. The number of nitrogens with one attached hydrogen (secondary N) is 1. The van der Waals surface area contributed by atoms with Crippen molar-refractivity contribution in [2.24, 2.45) is 0 Å². The Morgan fingerprint density at radius 1 is 0.955 bits per heavy atom. The molecule has 3 aliphatic heterocycles. The number of imide groups is 1. The van der Waals surface area contributed by atoms with E-state index in [1.165, 1.54) is 11.1 Å². The second-order valence-electron chi connectivity index (χ2n) is 12.8. The molecular formula is C36H42N2O5S. The minimum atomic E-state index is -0.363. The van der Waals surface area contributed by atoms with Gasteiger partial charge in [-0.05, 0) is 100 Å². The molecule has 2 fully saturated rings. The minimum absolute atomic E-state index is 0.202. The summed E-state index contributed by atoms with van der Waals surface area (Å²) in [6.45, 7) is 14.0. The number of carbonyl (C=O) groups excluding carboxylic acids is 2. The lowest BCUT2D eigenvalue weighted by Crippen LogP contribution is -2.42. The Labute approximate surface area is 264 Å². The van der Waals surface area contributed by atoms with Gasteiger partial charge in [0, 0.05) is 24.1 Å². The van der Waals surface area contributed by atoms with Crippen LogP contribution in [0.15, 0.2) is 54.6 Å². The first-order chi connectivity index (χ1) is 21.1. The molecule has 3 aromatic carbocycles. The number of benzene rings is 3. The number of rotatable bonds is 10. The number of fused-ring (bicyclic) bond motifs is 1. The maximum absolute atomic E-state index is 11.9. The maximum atomic E-state index is 11.9. The summed E-state index contributed by atoms with van der Waals surface area (Å²) in [5.41, 5.74) is 6.59. The highest BCUT2D eigenvalue weighted by molar-refractivity contribution is 8.15. The molecular weight excluding hydrogens is 572 g/mol. The summed E-state index contributed by atoms with van der Waals surface area (Å²) in [4.78, 5) is 26.0. The fourth-order valence-corrected chi connectivity index (χ4v) is 7.68. The Bertz CT molecular complexity index is 1540. The summed E-state index contributed by atoms with van der Waals surface area (Å²) < 4.78 is 19.5. The van der Waals surface area contributed by atoms with Crippen molar-refractivity contribution in [3.63, 3.8) is 0 Å². The molecule has 3 aromatic rings. The molecule has 44 heavy (non-hydrogen) atoms. The number of hydrogen-bond acceptors (Lipinski definition) is 7. The zero-order valence-corrected chi connectivity index (χ0v) is 27.1. The van der Waals surface area contributed by atoms with Gasteiger partial charge in [-0.25, -0.2) is 0 Å². The molecule has 0 aromatic heterocycles.